The van der Waals surface area contributed by atoms with E-state index in [9.17, 15) is 9.59 Å². The first-order valence-electron chi connectivity index (χ1n) is 6.31. The Kier molecular flexibility index (Phi) is 4.11. The van der Waals surface area contributed by atoms with Crippen LogP contribution >= 0.6 is 11.3 Å². The first-order valence-corrected chi connectivity index (χ1v) is 7.19. The van der Waals surface area contributed by atoms with Gasteiger partial charge in [-0.2, -0.15) is 0 Å². The van der Waals surface area contributed by atoms with E-state index < -0.39 is 0 Å². The average molecular weight is 266 g/mol. The SMILES string of the molecule is CC(C)Cc1nc(C(=O)NCC(=O)C2CC2)cs1. The van der Waals surface area contributed by atoms with Crippen LogP contribution in [-0.4, -0.2) is 23.2 Å². The molecule has 0 radical (unpaired) electrons. The van der Waals surface area contributed by atoms with E-state index in [4.69, 9.17) is 0 Å². The summed E-state index contributed by atoms with van der Waals surface area (Å²) in [4.78, 5) is 27.5. The van der Waals surface area contributed by atoms with Gasteiger partial charge in [-0.05, 0) is 18.8 Å². The minimum absolute atomic E-state index is 0.139. The molecule has 1 aliphatic rings. The standard InChI is InChI=1S/C13H18N2O2S/c1-8(2)5-12-15-10(7-18-12)13(17)14-6-11(16)9-3-4-9/h7-9H,3-6H2,1-2H3,(H,14,17). The highest BCUT2D eigenvalue weighted by molar-refractivity contribution is 7.09. The molecule has 0 aliphatic heterocycles. The molecule has 0 aromatic carbocycles. The van der Waals surface area contributed by atoms with Crippen LogP contribution in [0.15, 0.2) is 5.38 Å². The lowest BCUT2D eigenvalue weighted by Crippen LogP contribution is -2.30. The van der Waals surface area contributed by atoms with Gasteiger partial charge in [0, 0.05) is 17.7 Å². The molecule has 0 atom stereocenters. The van der Waals surface area contributed by atoms with Gasteiger partial charge < -0.3 is 5.32 Å². The smallest absolute Gasteiger partial charge is 0.271 e. The van der Waals surface area contributed by atoms with Crippen molar-refractivity contribution in [2.24, 2.45) is 11.8 Å². The maximum Gasteiger partial charge on any atom is 0.271 e. The van der Waals surface area contributed by atoms with Gasteiger partial charge in [0.25, 0.3) is 5.91 Å². The Bertz CT molecular complexity index is 450. The average Bonchev–Trinajstić information content (AvgIpc) is 3.06. The van der Waals surface area contributed by atoms with Crippen LogP contribution < -0.4 is 5.32 Å². The molecule has 1 aromatic heterocycles. The summed E-state index contributed by atoms with van der Waals surface area (Å²) in [6.07, 6.45) is 2.84. The maximum atomic E-state index is 11.8. The molecule has 1 amide bonds. The third-order valence-corrected chi connectivity index (χ3v) is 3.69. The molecule has 1 saturated carbocycles. The van der Waals surface area contributed by atoms with Gasteiger partial charge in [0.15, 0.2) is 5.78 Å². The number of nitrogens with zero attached hydrogens (tertiary/aromatic N) is 1. The molecule has 4 nitrogen and oxygen atoms in total. The van der Waals surface area contributed by atoms with E-state index in [0.29, 0.717) is 11.6 Å². The third-order valence-electron chi connectivity index (χ3n) is 2.82. The molecule has 1 fully saturated rings. The molecule has 1 aromatic rings. The lowest BCUT2D eigenvalue weighted by molar-refractivity contribution is -0.119. The summed E-state index contributed by atoms with van der Waals surface area (Å²) in [6, 6.07) is 0. The quantitative estimate of drug-likeness (QED) is 0.857. The zero-order valence-corrected chi connectivity index (χ0v) is 11.5. The number of carbonyl (C=O) groups is 2. The van der Waals surface area contributed by atoms with E-state index in [1.165, 1.54) is 11.3 Å². The summed E-state index contributed by atoms with van der Waals surface area (Å²) < 4.78 is 0. The number of thiazole rings is 1. The monoisotopic (exact) mass is 266 g/mol. The molecule has 5 heteroatoms. The van der Waals surface area contributed by atoms with Crippen molar-refractivity contribution in [1.82, 2.24) is 10.3 Å². The summed E-state index contributed by atoms with van der Waals surface area (Å²) >= 11 is 1.50. The van der Waals surface area contributed by atoms with Gasteiger partial charge in [0.1, 0.15) is 5.69 Å². The first-order chi connectivity index (χ1) is 8.56. The minimum Gasteiger partial charge on any atom is -0.344 e. The Hall–Kier alpha value is -1.23. The summed E-state index contributed by atoms with van der Waals surface area (Å²) in [5.74, 6) is 0.622. The molecule has 2 rings (SSSR count). The van der Waals surface area contributed by atoms with Crippen LogP contribution in [0.1, 0.15) is 42.2 Å². The number of hydrogen-bond donors (Lipinski definition) is 1. The number of amides is 1. The van der Waals surface area contributed by atoms with Crippen LogP contribution in [0.2, 0.25) is 0 Å². The number of nitrogens with one attached hydrogen (secondary N) is 1. The van der Waals surface area contributed by atoms with E-state index in [-0.39, 0.29) is 24.2 Å². The molecular formula is C13H18N2O2S. The van der Waals surface area contributed by atoms with Crippen molar-refractivity contribution in [2.45, 2.75) is 33.1 Å². The lowest BCUT2D eigenvalue weighted by atomic mass is 10.1. The Morgan fingerprint density at radius 3 is 2.83 bits per heavy atom. The first kappa shape index (κ1) is 13.2. The lowest BCUT2D eigenvalue weighted by Gasteiger charge is -2.01. The number of rotatable bonds is 6. The summed E-state index contributed by atoms with van der Waals surface area (Å²) in [5, 5.41) is 5.38. The van der Waals surface area contributed by atoms with E-state index >= 15 is 0 Å². The summed E-state index contributed by atoms with van der Waals surface area (Å²) in [6.45, 7) is 4.38. The number of aromatic nitrogens is 1. The molecule has 18 heavy (non-hydrogen) atoms. The van der Waals surface area contributed by atoms with E-state index in [2.05, 4.69) is 24.1 Å². The van der Waals surface area contributed by atoms with E-state index in [0.717, 1.165) is 24.3 Å². The van der Waals surface area contributed by atoms with Crippen molar-refractivity contribution in [2.75, 3.05) is 6.54 Å². The van der Waals surface area contributed by atoms with Crippen LogP contribution in [0.3, 0.4) is 0 Å². The molecule has 0 saturated heterocycles. The largest absolute Gasteiger partial charge is 0.344 e. The number of carbonyl (C=O) groups excluding carboxylic acids is 2. The Balaban J connectivity index is 1.84. The molecule has 0 unspecified atom stereocenters. The molecule has 0 spiro atoms. The number of Topliss-reactive ketones (excluding diaryl/α,β-unsaturated/α-hetero) is 1. The van der Waals surface area contributed by atoms with Gasteiger partial charge in [0.05, 0.1) is 11.6 Å². The van der Waals surface area contributed by atoms with Gasteiger partial charge >= 0.3 is 0 Å². The van der Waals surface area contributed by atoms with Crippen LogP contribution in [-0.2, 0) is 11.2 Å². The normalized spacial score (nSPS) is 14.8. The fourth-order valence-corrected chi connectivity index (χ4v) is 2.65. The van der Waals surface area contributed by atoms with Gasteiger partial charge in [-0.1, -0.05) is 13.8 Å². The fourth-order valence-electron chi connectivity index (χ4n) is 1.67. The van der Waals surface area contributed by atoms with Gasteiger partial charge in [0.2, 0.25) is 0 Å². The maximum absolute atomic E-state index is 11.8. The van der Waals surface area contributed by atoms with E-state index in [1.54, 1.807) is 5.38 Å². The predicted molar refractivity (Wildman–Crippen MR) is 70.7 cm³/mol. The summed E-state index contributed by atoms with van der Waals surface area (Å²) in [5.41, 5.74) is 0.430. The van der Waals surface area contributed by atoms with Gasteiger partial charge in [-0.25, -0.2) is 4.98 Å². The molecule has 0 bridgehead atoms. The highest BCUT2D eigenvalue weighted by Crippen LogP contribution is 2.29. The van der Waals surface area contributed by atoms with Crippen molar-refractivity contribution in [1.29, 1.82) is 0 Å². The number of hydrogen-bond acceptors (Lipinski definition) is 4. The zero-order chi connectivity index (χ0) is 13.1. The fraction of sp³-hybridized carbons (Fsp3) is 0.615. The highest BCUT2D eigenvalue weighted by atomic mass is 32.1. The van der Waals surface area contributed by atoms with Gasteiger partial charge in [-0.3, -0.25) is 9.59 Å². The molecule has 1 heterocycles. The third kappa shape index (κ3) is 3.63. The number of ketones is 1. The van der Waals surface area contributed by atoms with Crippen molar-refractivity contribution < 1.29 is 9.59 Å². The molecular weight excluding hydrogens is 248 g/mol. The van der Waals surface area contributed by atoms with Crippen molar-refractivity contribution >= 4 is 23.0 Å². The second kappa shape index (κ2) is 5.61. The topological polar surface area (TPSA) is 59.1 Å². The van der Waals surface area contributed by atoms with Crippen LogP contribution in [0, 0.1) is 11.8 Å². The van der Waals surface area contributed by atoms with Crippen molar-refractivity contribution in [3.05, 3.63) is 16.1 Å². The highest BCUT2D eigenvalue weighted by Gasteiger charge is 2.29. The molecule has 1 N–H and O–H groups in total. The predicted octanol–water partition coefficient (Wildman–Crippen LogP) is 2.05. The van der Waals surface area contributed by atoms with E-state index in [1.807, 2.05) is 0 Å². The molecule has 1 aliphatic carbocycles. The van der Waals surface area contributed by atoms with Crippen LogP contribution in [0.5, 0.6) is 0 Å². The Morgan fingerprint density at radius 1 is 1.50 bits per heavy atom. The molecule has 98 valence electrons. The second-order valence-corrected chi connectivity index (χ2v) is 6.09. The van der Waals surface area contributed by atoms with Crippen molar-refractivity contribution in [3.63, 3.8) is 0 Å². The second-order valence-electron chi connectivity index (χ2n) is 5.15. The van der Waals surface area contributed by atoms with Crippen LogP contribution in [0.25, 0.3) is 0 Å². The minimum atomic E-state index is -0.241. The van der Waals surface area contributed by atoms with Gasteiger partial charge in [-0.15, -0.1) is 11.3 Å². The Labute approximate surface area is 111 Å². The summed E-state index contributed by atoms with van der Waals surface area (Å²) in [7, 11) is 0. The zero-order valence-electron chi connectivity index (χ0n) is 10.7. The Morgan fingerprint density at radius 2 is 2.22 bits per heavy atom. The van der Waals surface area contributed by atoms with Crippen LogP contribution in [0.4, 0.5) is 0 Å². The van der Waals surface area contributed by atoms with Crippen molar-refractivity contribution in [3.8, 4) is 0 Å².